The van der Waals surface area contributed by atoms with Gasteiger partial charge in [0.15, 0.2) is 0 Å². The summed E-state index contributed by atoms with van der Waals surface area (Å²) in [6, 6.07) is 80.8. The SMILES string of the molecule is Brc1ccc(Nc2ccc(-c3ccccc3)cc2)cc1.[V].c1ccc(-c2ccc(Nc3ccc(-c4ccc5c(c4)c4ccccc4n5-c4ccccc4)cc3)cc2)cc1. The number of aromatic nitrogens is 1. The standard InChI is InChI=1S/C36H26N2.C18H14BrN.V/c1-3-9-26(10-4-1)27-15-20-30(21-16-27)37-31-22-17-28(18-23-31)29-19-24-36-34(25-29)33-13-7-8-14-35(33)38(36)32-11-5-2-6-12-32;19-16-8-12-18(13-9-16)20-17-10-6-15(7-11-17)14-4-2-1-3-5-14;/h1-25,37H;1-13,20H;. The van der Waals surface area contributed by atoms with Crippen LogP contribution in [0.2, 0.25) is 0 Å². The molecule has 1 aromatic heterocycles. The van der Waals surface area contributed by atoms with Gasteiger partial charge in [-0.1, -0.05) is 155 Å². The van der Waals surface area contributed by atoms with Crippen LogP contribution >= 0.6 is 15.9 Å². The third-order valence-corrected chi connectivity index (χ3v) is 10.8. The number of fused-ring (bicyclic) bond motifs is 3. The molecule has 0 atom stereocenters. The molecule has 10 rings (SSSR count). The summed E-state index contributed by atoms with van der Waals surface area (Å²) < 4.78 is 3.44. The predicted molar refractivity (Wildman–Crippen MR) is 251 cm³/mol. The Balaban J connectivity index is 0.000000195. The van der Waals surface area contributed by atoms with Crippen LogP contribution in [0, 0.1) is 0 Å². The van der Waals surface area contributed by atoms with Crippen molar-refractivity contribution in [2.45, 2.75) is 0 Å². The van der Waals surface area contributed by atoms with Crippen LogP contribution in [0.4, 0.5) is 22.7 Å². The molecule has 1 radical (unpaired) electrons. The van der Waals surface area contributed by atoms with E-state index < -0.39 is 0 Å². The minimum Gasteiger partial charge on any atom is -0.356 e. The van der Waals surface area contributed by atoms with Gasteiger partial charge in [0, 0.05) is 62.2 Å². The summed E-state index contributed by atoms with van der Waals surface area (Å²) in [5.41, 5.74) is 15.3. The first-order chi connectivity index (χ1) is 28.6. The zero-order chi connectivity index (χ0) is 39.1. The maximum atomic E-state index is 3.53. The van der Waals surface area contributed by atoms with E-state index in [0.717, 1.165) is 27.2 Å². The molecule has 0 aliphatic heterocycles. The molecule has 5 heteroatoms. The number of hydrogen-bond donors (Lipinski definition) is 2. The van der Waals surface area contributed by atoms with Gasteiger partial charge in [0.1, 0.15) is 0 Å². The van der Waals surface area contributed by atoms with E-state index in [-0.39, 0.29) is 18.6 Å². The van der Waals surface area contributed by atoms with Gasteiger partial charge in [0.2, 0.25) is 0 Å². The topological polar surface area (TPSA) is 29.0 Å². The van der Waals surface area contributed by atoms with Crippen molar-refractivity contribution in [2.24, 2.45) is 0 Å². The molecule has 1 heterocycles. The van der Waals surface area contributed by atoms with Crippen molar-refractivity contribution in [1.29, 1.82) is 0 Å². The normalized spacial score (nSPS) is 10.7. The summed E-state index contributed by atoms with van der Waals surface area (Å²) in [4.78, 5) is 0. The Kier molecular flexibility index (Phi) is 12.2. The number of hydrogen-bond acceptors (Lipinski definition) is 2. The molecule has 0 fully saturated rings. The number of nitrogens with one attached hydrogen (secondary N) is 2. The molecule has 0 aliphatic rings. The van der Waals surface area contributed by atoms with E-state index in [0.29, 0.717) is 0 Å². The molecule has 10 aromatic rings. The Morgan fingerprint density at radius 2 is 0.661 bits per heavy atom. The first-order valence-corrected chi connectivity index (χ1v) is 20.2. The molecule has 0 unspecified atom stereocenters. The monoisotopic (exact) mass is 860 g/mol. The van der Waals surface area contributed by atoms with Gasteiger partial charge in [-0.2, -0.15) is 0 Å². The minimum absolute atomic E-state index is 0. The van der Waals surface area contributed by atoms with E-state index in [9.17, 15) is 0 Å². The average molecular weight is 862 g/mol. The zero-order valence-corrected chi connectivity index (χ0v) is 35.2. The minimum atomic E-state index is 0. The molecule has 0 bridgehead atoms. The van der Waals surface area contributed by atoms with Gasteiger partial charge in [-0.05, 0) is 124 Å². The number of halogens is 1. The number of rotatable bonds is 8. The van der Waals surface area contributed by atoms with Crippen molar-refractivity contribution >= 4 is 60.5 Å². The van der Waals surface area contributed by atoms with Crippen LogP contribution in [-0.2, 0) is 18.6 Å². The van der Waals surface area contributed by atoms with Crippen LogP contribution in [0.3, 0.4) is 0 Å². The molecule has 0 saturated carbocycles. The van der Waals surface area contributed by atoms with E-state index in [2.05, 4.69) is 237 Å². The summed E-state index contributed by atoms with van der Waals surface area (Å²) in [5, 5.41) is 9.46. The van der Waals surface area contributed by atoms with Crippen LogP contribution in [-0.4, -0.2) is 4.57 Å². The van der Waals surface area contributed by atoms with E-state index >= 15 is 0 Å². The summed E-state index contributed by atoms with van der Waals surface area (Å²) in [7, 11) is 0. The van der Waals surface area contributed by atoms with Crippen LogP contribution < -0.4 is 10.6 Å². The van der Waals surface area contributed by atoms with E-state index in [1.165, 1.54) is 60.9 Å². The Morgan fingerprint density at radius 3 is 1.15 bits per heavy atom. The molecule has 9 aromatic carbocycles. The molecule has 3 nitrogen and oxygen atoms in total. The van der Waals surface area contributed by atoms with Crippen LogP contribution in [0.5, 0.6) is 0 Å². The zero-order valence-electron chi connectivity index (χ0n) is 32.2. The number of benzene rings is 9. The molecule has 59 heavy (non-hydrogen) atoms. The Morgan fingerprint density at radius 1 is 0.305 bits per heavy atom. The van der Waals surface area contributed by atoms with Crippen molar-refractivity contribution in [1.82, 2.24) is 4.57 Å². The number of para-hydroxylation sites is 2. The van der Waals surface area contributed by atoms with Crippen molar-refractivity contribution < 1.29 is 18.6 Å². The second-order valence-corrected chi connectivity index (χ2v) is 15.1. The number of nitrogens with zero attached hydrogens (tertiary/aromatic N) is 1. The third kappa shape index (κ3) is 9.12. The van der Waals surface area contributed by atoms with Gasteiger partial charge in [-0.25, -0.2) is 0 Å². The van der Waals surface area contributed by atoms with Gasteiger partial charge >= 0.3 is 0 Å². The average Bonchev–Trinajstić information content (AvgIpc) is 3.63. The van der Waals surface area contributed by atoms with Gasteiger partial charge in [-0.15, -0.1) is 0 Å². The molecular weight excluding hydrogens is 821 g/mol. The Labute approximate surface area is 366 Å². The summed E-state index contributed by atoms with van der Waals surface area (Å²) in [5.74, 6) is 0. The second-order valence-electron chi connectivity index (χ2n) is 14.1. The maximum Gasteiger partial charge on any atom is 0.0541 e. The van der Waals surface area contributed by atoms with E-state index in [1.807, 2.05) is 24.3 Å². The van der Waals surface area contributed by atoms with Crippen LogP contribution in [0.15, 0.2) is 235 Å². The van der Waals surface area contributed by atoms with Crippen molar-refractivity contribution in [3.05, 3.63) is 235 Å². The third-order valence-electron chi connectivity index (χ3n) is 10.3. The van der Waals surface area contributed by atoms with E-state index in [1.54, 1.807) is 0 Å². The quantitative estimate of drug-likeness (QED) is 0.159. The molecule has 0 amide bonds. The predicted octanol–water partition coefficient (Wildman–Crippen LogP) is 15.7. The molecule has 0 spiro atoms. The fourth-order valence-corrected chi connectivity index (χ4v) is 7.64. The summed E-state index contributed by atoms with van der Waals surface area (Å²) in [6.45, 7) is 0. The first kappa shape index (κ1) is 39.3. The smallest absolute Gasteiger partial charge is 0.0541 e. The second kappa shape index (κ2) is 18.4. The molecule has 283 valence electrons. The fourth-order valence-electron chi connectivity index (χ4n) is 7.37. The first-order valence-electron chi connectivity index (χ1n) is 19.4. The molecule has 0 saturated heterocycles. The molecule has 0 aliphatic carbocycles. The van der Waals surface area contributed by atoms with Crippen molar-refractivity contribution in [2.75, 3.05) is 10.6 Å². The molecule has 2 N–H and O–H groups in total. The van der Waals surface area contributed by atoms with Gasteiger partial charge < -0.3 is 15.2 Å². The van der Waals surface area contributed by atoms with E-state index in [4.69, 9.17) is 0 Å². The number of anilines is 4. The van der Waals surface area contributed by atoms with Crippen molar-refractivity contribution in [3.63, 3.8) is 0 Å². The maximum absolute atomic E-state index is 3.53. The van der Waals surface area contributed by atoms with Gasteiger partial charge in [-0.3, -0.25) is 0 Å². The Hall–Kier alpha value is -6.56. The van der Waals surface area contributed by atoms with Crippen molar-refractivity contribution in [3.8, 4) is 39.1 Å². The van der Waals surface area contributed by atoms with Crippen LogP contribution in [0.1, 0.15) is 0 Å². The summed E-state index contributed by atoms with van der Waals surface area (Å²) >= 11 is 3.44. The Bertz CT molecular complexity index is 2890. The largest absolute Gasteiger partial charge is 0.356 e. The summed E-state index contributed by atoms with van der Waals surface area (Å²) in [6.07, 6.45) is 0. The fraction of sp³-hybridized carbons (Fsp3) is 0. The van der Waals surface area contributed by atoms with Gasteiger partial charge in [0.25, 0.3) is 0 Å². The van der Waals surface area contributed by atoms with Crippen LogP contribution in [0.25, 0.3) is 60.9 Å². The van der Waals surface area contributed by atoms with Gasteiger partial charge in [0.05, 0.1) is 11.0 Å². The molecular formula is C54H40BrN3V.